The molecule has 7 nitrogen and oxygen atoms in total. The van der Waals surface area contributed by atoms with Crippen LogP contribution in [0.1, 0.15) is 32.5 Å². The van der Waals surface area contributed by atoms with E-state index in [1.165, 1.54) is 6.07 Å². The Hall–Kier alpha value is -4.74. The third-order valence-electron chi connectivity index (χ3n) is 6.61. The van der Waals surface area contributed by atoms with Crippen LogP contribution in [0.3, 0.4) is 0 Å². The number of halogens is 5. The molecule has 1 amide bonds. The molecule has 0 aliphatic rings. The average Bonchev–Trinajstić information content (AvgIpc) is 2.94. The number of alkyl halides is 3. The van der Waals surface area contributed by atoms with E-state index < -0.39 is 83.2 Å². The number of hydrogen-bond acceptors (Lipinski definition) is 4. The molecule has 0 bridgehead atoms. The Kier molecular flexibility index (Phi) is 7.26. The van der Waals surface area contributed by atoms with E-state index >= 15 is 4.39 Å². The summed E-state index contributed by atoms with van der Waals surface area (Å²) in [6.45, 7) is -0.403. The molecule has 1 N–H and O–H groups in total. The quantitative estimate of drug-likeness (QED) is 0.229. The fourth-order valence-corrected chi connectivity index (χ4v) is 4.59. The Bertz CT molecular complexity index is 1810. The maximum atomic E-state index is 15.7. The van der Waals surface area contributed by atoms with E-state index in [1.807, 2.05) is 0 Å². The number of amides is 1. The summed E-state index contributed by atoms with van der Waals surface area (Å²) in [7, 11) is -3.07. The van der Waals surface area contributed by atoms with E-state index in [-0.39, 0.29) is 5.69 Å². The van der Waals surface area contributed by atoms with Gasteiger partial charge in [-0.25, -0.2) is 13.6 Å². The number of carbonyl (C=O) groups excluding carboxylic acids is 1. The minimum absolute atomic E-state index is 0.320. The fraction of sp³-hybridized carbons (Fsp3) is 0.207. The third-order valence-corrected chi connectivity index (χ3v) is 6.61. The van der Waals surface area contributed by atoms with Gasteiger partial charge in [-0.15, -0.1) is 0 Å². The summed E-state index contributed by atoms with van der Waals surface area (Å²) in [6, 6.07) is 12.6. The van der Waals surface area contributed by atoms with E-state index in [1.54, 1.807) is 30.3 Å². The van der Waals surface area contributed by atoms with Crippen LogP contribution in [-0.2, 0) is 24.1 Å². The Labute approximate surface area is 234 Å². The maximum Gasteiger partial charge on any atom is 0.416 e. The van der Waals surface area contributed by atoms with Gasteiger partial charge in [0.2, 0.25) is 6.41 Å². The lowest BCUT2D eigenvalue weighted by Gasteiger charge is -2.22. The molecule has 0 spiro atoms. The van der Waals surface area contributed by atoms with Crippen LogP contribution >= 0.6 is 0 Å². The lowest BCUT2D eigenvalue weighted by atomic mass is 10.0. The van der Waals surface area contributed by atoms with Gasteiger partial charge in [0.25, 0.3) is 5.56 Å². The summed E-state index contributed by atoms with van der Waals surface area (Å²) >= 11 is 0. The van der Waals surface area contributed by atoms with Gasteiger partial charge in [0, 0.05) is 16.8 Å². The summed E-state index contributed by atoms with van der Waals surface area (Å²) in [6.07, 6.45) is -4.69. The first-order valence-electron chi connectivity index (χ1n) is 13.6. The molecule has 1 atom stereocenters. The van der Waals surface area contributed by atoms with Crippen molar-refractivity contribution in [2.24, 2.45) is 0 Å². The van der Waals surface area contributed by atoms with E-state index in [0.29, 0.717) is 27.2 Å². The third kappa shape index (κ3) is 5.76. The number of carbonyl (C=O) groups is 1. The first kappa shape index (κ1) is 25.2. The Morgan fingerprint density at radius 3 is 2.37 bits per heavy atom. The van der Waals surface area contributed by atoms with Crippen molar-refractivity contribution in [2.45, 2.75) is 32.2 Å². The van der Waals surface area contributed by atoms with Crippen molar-refractivity contribution in [3.8, 4) is 16.9 Å². The van der Waals surface area contributed by atoms with Crippen LogP contribution in [0.5, 0.6) is 5.75 Å². The van der Waals surface area contributed by atoms with Gasteiger partial charge in [-0.1, -0.05) is 48.5 Å². The van der Waals surface area contributed by atoms with Crippen molar-refractivity contribution in [1.82, 2.24) is 14.5 Å². The molecule has 0 aliphatic carbocycles. The zero-order valence-corrected chi connectivity index (χ0v) is 21.3. The second-order valence-electron chi connectivity index (χ2n) is 8.98. The highest BCUT2D eigenvalue weighted by atomic mass is 19.4. The molecule has 0 saturated heterocycles. The van der Waals surface area contributed by atoms with Crippen molar-refractivity contribution < 1.29 is 35.6 Å². The fourth-order valence-electron chi connectivity index (χ4n) is 4.59. The van der Waals surface area contributed by atoms with Crippen LogP contribution in [0.2, 0.25) is 0 Å². The van der Waals surface area contributed by atoms with E-state index in [4.69, 9.17) is 8.85 Å². The van der Waals surface area contributed by atoms with Crippen LogP contribution in [0.25, 0.3) is 11.1 Å². The van der Waals surface area contributed by atoms with Gasteiger partial charge in [-0.3, -0.25) is 18.7 Å². The van der Waals surface area contributed by atoms with Crippen LogP contribution in [0.4, 0.5) is 22.0 Å². The van der Waals surface area contributed by atoms with Crippen LogP contribution in [0, 0.1) is 18.6 Å². The average molecular weight is 577 g/mol. The van der Waals surface area contributed by atoms with Crippen molar-refractivity contribution in [1.29, 1.82) is 0 Å². The molecule has 0 fully saturated rings. The SMILES string of the molecule is [2H]C([2H])([2H])Oc1cccc(-c2c(C)n(Cc3c(F)cccc3C(F)(F)F)c(=O)n(C[C@H](NC=O)c3ccccc3)c2=O)c1F. The van der Waals surface area contributed by atoms with Crippen molar-refractivity contribution >= 4 is 6.41 Å². The molecule has 41 heavy (non-hydrogen) atoms. The summed E-state index contributed by atoms with van der Waals surface area (Å²) in [5.41, 5.74) is -5.49. The molecular formula is C29H24F5N3O4. The van der Waals surface area contributed by atoms with Gasteiger partial charge < -0.3 is 10.1 Å². The molecule has 0 aliphatic heterocycles. The van der Waals surface area contributed by atoms with Gasteiger partial charge in [-0.2, -0.15) is 13.2 Å². The minimum atomic E-state index is -5.01. The molecule has 1 aromatic heterocycles. The Morgan fingerprint density at radius 2 is 1.71 bits per heavy atom. The largest absolute Gasteiger partial charge is 0.494 e. The molecule has 0 unspecified atom stereocenters. The van der Waals surface area contributed by atoms with Crippen LogP contribution in [0.15, 0.2) is 76.3 Å². The number of methoxy groups -OCH3 is 1. The van der Waals surface area contributed by atoms with Crippen LogP contribution in [-0.4, -0.2) is 22.6 Å². The predicted octanol–water partition coefficient (Wildman–Crippen LogP) is 4.83. The van der Waals surface area contributed by atoms with Gasteiger partial charge in [0.05, 0.1) is 41.4 Å². The van der Waals surface area contributed by atoms with E-state index in [2.05, 4.69) is 5.32 Å². The van der Waals surface area contributed by atoms with Crippen molar-refractivity contribution in [3.05, 3.63) is 122 Å². The topological polar surface area (TPSA) is 82.3 Å². The standard InChI is InChI=1S/C29H24F5N3O4/c1-17-25(19-10-6-13-24(41-2)26(19)31)27(39)37(15-23(35-16-38)18-8-4-3-5-9-18)28(40)36(17)14-20-21(29(32,33)34)11-7-12-22(20)30/h3-13,16,23H,14-15H2,1-2H3,(H,35,38)/t23-/m0/s1/i2D3. The molecular weight excluding hydrogens is 549 g/mol. The predicted molar refractivity (Wildman–Crippen MR) is 141 cm³/mol. The number of nitrogens with zero attached hydrogens (tertiary/aromatic N) is 2. The Morgan fingerprint density at radius 1 is 1.00 bits per heavy atom. The maximum absolute atomic E-state index is 15.7. The molecule has 4 rings (SSSR count). The zero-order valence-electron chi connectivity index (χ0n) is 24.3. The summed E-state index contributed by atoms with van der Waals surface area (Å²) in [4.78, 5) is 39.1. The highest BCUT2D eigenvalue weighted by Gasteiger charge is 2.35. The monoisotopic (exact) mass is 576 g/mol. The van der Waals surface area contributed by atoms with Gasteiger partial charge in [0.15, 0.2) is 11.6 Å². The number of nitrogens with one attached hydrogen (secondary N) is 1. The van der Waals surface area contributed by atoms with E-state index in [9.17, 15) is 31.9 Å². The molecule has 1 heterocycles. The second-order valence-corrected chi connectivity index (χ2v) is 8.98. The number of benzene rings is 3. The lowest BCUT2D eigenvalue weighted by Crippen LogP contribution is -2.45. The molecule has 3 aromatic carbocycles. The molecule has 12 heteroatoms. The van der Waals surface area contributed by atoms with Gasteiger partial charge >= 0.3 is 11.9 Å². The number of rotatable bonds is 9. The first-order chi connectivity index (χ1) is 20.6. The Balaban J connectivity index is 2.03. The number of ether oxygens (including phenoxy) is 1. The molecule has 0 saturated carbocycles. The smallest absolute Gasteiger partial charge is 0.416 e. The molecule has 0 radical (unpaired) electrons. The minimum Gasteiger partial charge on any atom is -0.494 e. The number of aromatic nitrogens is 2. The summed E-state index contributed by atoms with van der Waals surface area (Å²) < 4.78 is 100.0. The lowest BCUT2D eigenvalue weighted by molar-refractivity contribution is -0.138. The summed E-state index contributed by atoms with van der Waals surface area (Å²) in [5, 5.41) is 2.48. The highest BCUT2D eigenvalue weighted by Crippen LogP contribution is 2.34. The molecule has 214 valence electrons. The van der Waals surface area contributed by atoms with Crippen LogP contribution < -0.4 is 21.3 Å². The van der Waals surface area contributed by atoms with E-state index in [0.717, 1.165) is 31.2 Å². The normalized spacial score (nSPS) is 13.6. The first-order valence-corrected chi connectivity index (χ1v) is 12.1. The summed E-state index contributed by atoms with van der Waals surface area (Å²) in [5.74, 6) is -3.34. The second kappa shape index (κ2) is 11.8. The van der Waals surface area contributed by atoms with Crippen molar-refractivity contribution in [3.63, 3.8) is 0 Å². The highest BCUT2D eigenvalue weighted by molar-refractivity contribution is 5.67. The van der Waals surface area contributed by atoms with Gasteiger partial charge in [-0.05, 0) is 30.7 Å². The molecule has 4 aromatic rings. The number of hydrogen-bond donors (Lipinski definition) is 1. The van der Waals surface area contributed by atoms with Crippen molar-refractivity contribution in [2.75, 3.05) is 7.04 Å². The van der Waals surface area contributed by atoms with Gasteiger partial charge in [0.1, 0.15) is 5.82 Å². The zero-order chi connectivity index (χ0) is 32.4.